The first-order valence-corrected chi connectivity index (χ1v) is 6.85. The molecule has 5 heteroatoms. The molecule has 0 bridgehead atoms. The van der Waals surface area contributed by atoms with Crippen LogP contribution in [0, 0.1) is 0 Å². The molecule has 5 nitrogen and oxygen atoms in total. The number of H-pyrrole nitrogens is 1. The SMILES string of the molecule is COc1ccc2c(c1)C(=Cc1cnc(C(C)C)[nH]1)C(=O)N2. The number of imidazole rings is 1. The third-order valence-corrected chi connectivity index (χ3v) is 3.47. The number of nitrogens with zero attached hydrogens (tertiary/aromatic N) is 1. The number of rotatable bonds is 3. The summed E-state index contributed by atoms with van der Waals surface area (Å²) in [6.07, 6.45) is 3.56. The second kappa shape index (κ2) is 5.09. The number of benzene rings is 1. The van der Waals surface area contributed by atoms with Crippen molar-refractivity contribution in [1.29, 1.82) is 0 Å². The van der Waals surface area contributed by atoms with E-state index in [1.54, 1.807) is 13.3 Å². The molecule has 2 aromatic rings. The van der Waals surface area contributed by atoms with Gasteiger partial charge in [-0.1, -0.05) is 13.8 Å². The summed E-state index contributed by atoms with van der Waals surface area (Å²) >= 11 is 0. The number of nitrogens with one attached hydrogen (secondary N) is 2. The molecule has 1 aromatic carbocycles. The molecule has 1 aliphatic heterocycles. The number of aromatic nitrogens is 2. The van der Waals surface area contributed by atoms with E-state index in [9.17, 15) is 4.79 Å². The molecule has 0 spiro atoms. The largest absolute Gasteiger partial charge is 0.497 e. The fourth-order valence-corrected chi connectivity index (χ4v) is 2.31. The van der Waals surface area contributed by atoms with Crippen LogP contribution in [0.2, 0.25) is 0 Å². The van der Waals surface area contributed by atoms with Crippen molar-refractivity contribution in [3.05, 3.63) is 41.5 Å². The summed E-state index contributed by atoms with van der Waals surface area (Å²) in [6, 6.07) is 5.54. The maximum Gasteiger partial charge on any atom is 0.256 e. The molecule has 21 heavy (non-hydrogen) atoms. The number of aromatic amines is 1. The maximum atomic E-state index is 12.1. The Labute approximate surface area is 123 Å². The number of hydrogen-bond acceptors (Lipinski definition) is 3. The number of amides is 1. The van der Waals surface area contributed by atoms with Gasteiger partial charge in [0.15, 0.2) is 0 Å². The van der Waals surface area contributed by atoms with Crippen molar-refractivity contribution < 1.29 is 9.53 Å². The molecule has 0 atom stereocenters. The third kappa shape index (κ3) is 2.42. The van der Waals surface area contributed by atoms with Crippen LogP contribution in [0.1, 0.15) is 36.8 Å². The highest BCUT2D eigenvalue weighted by Gasteiger charge is 2.24. The van der Waals surface area contributed by atoms with Crippen LogP contribution in [0.25, 0.3) is 11.6 Å². The van der Waals surface area contributed by atoms with Gasteiger partial charge in [-0.3, -0.25) is 4.79 Å². The van der Waals surface area contributed by atoms with Crippen molar-refractivity contribution in [2.75, 3.05) is 12.4 Å². The van der Waals surface area contributed by atoms with Crippen molar-refractivity contribution in [2.24, 2.45) is 0 Å². The average Bonchev–Trinajstić information content (AvgIpc) is 3.05. The molecule has 0 aliphatic carbocycles. The molecule has 0 saturated heterocycles. The minimum absolute atomic E-state index is 0.112. The lowest BCUT2D eigenvalue weighted by molar-refractivity contribution is -0.110. The summed E-state index contributed by atoms with van der Waals surface area (Å²) in [6.45, 7) is 4.14. The Morgan fingerprint density at radius 3 is 2.81 bits per heavy atom. The van der Waals surface area contributed by atoms with Crippen molar-refractivity contribution in [3.8, 4) is 5.75 Å². The molecular formula is C16H17N3O2. The zero-order valence-corrected chi connectivity index (χ0v) is 12.2. The highest BCUT2D eigenvalue weighted by Crippen LogP contribution is 2.35. The predicted octanol–water partition coefficient (Wildman–Crippen LogP) is 3.03. The zero-order chi connectivity index (χ0) is 15.0. The summed E-state index contributed by atoms with van der Waals surface area (Å²) < 4.78 is 5.22. The summed E-state index contributed by atoms with van der Waals surface area (Å²) in [5.74, 6) is 1.84. The van der Waals surface area contributed by atoms with E-state index in [1.807, 2.05) is 24.3 Å². The van der Waals surface area contributed by atoms with E-state index >= 15 is 0 Å². The maximum absolute atomic E-state index is 12.1. The van der Waals surface area contributed by atoms with E-state index in [0.717, 1.165) is 28.5 Å². The van der Waals surface area contributed by atoms with Gasteiger partial charge in [-0.05, 0) is 24.3 Å². The van der Waals surface area contributed by atoms with E-state index in [-0.39, 0.29) is 5.91 Å². The first-order chi connectivity index (χ1) is 10.1. The van der Waals surface area contributed by atoms with Crippen LogP contribution in [0.15, 0.2) is 24.4 Å². The first kappa shape index (κ1) is 13.4. The van der Waals surface area contributed by atoms with Crippen LogP contribution in [-0.2, 0) is 4.79 Å². The molecule has 2 N–H and O–H groups in total. The summed E-state index contributed by atoms with van der Waals surface area (Å²) in [7, 11) is 1.61. The molecule has 1 aromatic heterocycles. The number of methoxy groups -OCH3 is 1. The summed E-state index contributed by atoms with van der Waals surface area (Å²) in [4.78, 5) is 19.7. The number of carbonyl (C=O) groups is 1. The van der Waals surface area contributed by atoms with Gasteiger partial charge >= 0.3 is 0 Å². The molecule has 108 valence electrons. The summed E-state index contributed by atoms with van der Waals surface area (Å²) in [5, 5.41) is 2.85. The molecule has 0 saturated carbocycles. The Morgan fingerprint density at radius 1 is 1.33 bits per heavy atom. The lowest BCUT2D eigenvalue weighted by Crippen LogP contribution is -2.03. The highest BCUT2D eigenvalue weighted by atomic mass is 16.5. The van der Waals surface area contributed by atoms with Gasteiger partial charge in [-0.2, -0.15) is 0 Å². The minimum atomic E-state index is -0.112. The molecule has 1 aliphatic rings. The lowest BCUT2D eigenvalue weighted by Gasteiger charge is -2.02. The topological polar surface area (TPSA) is 67.0 Å². The van der Waals surface area contributed by atoms with Gasteiger partial charge in [-0.15, -0.1) is 0 Å². The number of hydrogen-bond donors (Lipinski definition) is 2. The van der Waals surface area contributed by atoms with Gasteiger partial charge in [0.25, 0.3) is 5.91 Å². The molecule has 0 fully saturated rings. The quantitative estimate of drug-likeness (QED) is 0.851. The number of fused-ring (bicyclic) bond motifs is 1. The van der Waals surface area contributed by atoms with Crippen molar-refractivity contribution in [3.63, 3.8) is 0 Å². The molecule has 0 unspecified atom stereocenters. The minimum Gasteiger partial charge on any atom is -0.497 e. The molecular weight excluding hydrogens is 266 g/mol. The van der Waals surface area contributed by atoms with Crippen LogP contribution in [-0.4, -0.2) is 23.0 Å². The van der Waals surface area contributed by atoms with Crippen LogP contribution >= 0.6 is 0 Å². The predicted molar refractivity (Wildman–Crippen MR) is 82.2 cm³/mol. The van der Waals surface area contributed by atoms with E-state index in [1.165, 1.54) is 0 Å². The van der Waals surface area contributed by atoms with Crippen molar-refractivity contribution in [2.45, 2.75) is 19.8 Å². The Hall–Kier alpha value is -2.56. The van der Waals surface area contributed by atoms with Crippen molar-refractivity contribution in [1.82, 2.24) is 9.97 Å². The van der Waals surface area contributed by atoms with Crippen LogP contribution in [0.3, 0.4) is 0 Å². The van der Waals surface area contributed by atoms with Crippen LogP contribution in [0.4, 0.5) is 5.69 Å². The van der Waals surface area contributed by atoms with E-state index < -0.39 is 0 Å². The molecule has 1 amide bonds. The Morgan fingerprint density at radius 2 is 2.14 bits per heavy atom. The normalized spacial score (nSPS) is 15.4. The van der Waals surface area contributed by atoms with E-state index in [2.05, 4.69) is 29.1 Å². The molecule has 3 rings (SSSR count). The second-order valence-electron chi connectivity index (χ2n) is 5.30. The van der Waals surface area contributed by atoms with Gasteiger partial charge in [0.05, 0.1) is 24.6 Å². The Bertz CT molecular complexity index is 729. The second-order valence-corrected chi connectivity index (χ2v) is 5.30. The Balaban J connectivity index is 2.02. The smallest absolute Gasteiger partial charge is 0.256 e. The number of ether oxygens (including phenoxy) is 1. The van der Waals surface area contributed by atoms with Crippen LogP contribution < -0.4 is 10.1 Å². The van der Waals surface area contributed by atoms with E-state index in [4.69, 9.17) is 4.74 Å². The van der Waals surface area contributed by atoms with Gasteiger partial charge < -0.3 is 15.0 Å². The van der Waals surface area contributed by atoms with Gasteiger partial charge in [0, 0.05) is 17.2 Å². The average molecular weight is 283 g/mol. The third-order valence-electron chi connectivity index (χ3n) is 3.47. The van der Waals surface area contributed by atoms with Gasteiger partial charge in [-0.25, -0.2) is 4.98 Å². The number of carbonyl (C=O) groups excluding carboxylic acids is 1. The van der Waals surface area contributed by atoms with Crippen LogP contribution in [0.5, 0.6) is 5.75 Å². The monoisotopic (exact) mass is 283 g/mol. The van der Waals surface area contributed by atoms with Gasteiger partial charge in [0.1, 0.15) is 11.6 Å². The molecule has 2 heterocycles. The fourth-order valence-electron chi connectivity index (χ4n) is 2.31. The standard InChI is InChI=1S/C16H17N3O2/c1-9(2)15-17-8-10(18-15)6-13-12-7-11(21-3)4-5-14(12)19-16(13)20/h4-9H,1-3H3,(H,17,18)(H,19,20). The zero-order valence-electron chi connectivity index (χ0n) is 12.2. The van der Waals surface area contributed by atoms with Crippen molar-refractivity contribution >= 4 is 23.2 Å². The van der Waals surface area contributed by atoms with E-state index in [0.29, 0.717) is 11.5 Å². The summed E-state index contributed by atoms with van der Waals surface area (Å²) in [5.41, 5.74) is 3.08. The highest BCUT2D eigenvalue weighted by molar-refractivity contribution is 6.34. The number of anilines is 1. The lowest BCUT2D eigenvalue weighted by atomic mass is 10.1. The Kier molecular flexibility index (Phi) is 3.25. The first-order valence-electron chi connectivity index (χ1n) is 6.85. The van der Waals surface area contributed by atoms with Gasteiger partial charge in [0.2, 0.25) is 0 Å². The fraction of sp³-hybridized carbons (Fsp3) is 0.250. The molecule has 0 radical (unpaired) electrons.